The highest BCUT2D eigenvalue weighted by atomic mass is 16.5. The molecule has 0 amide bonds. The molecule has 0 saturated heterocycles. The molecule has 1 saturated carbocycles. The van der Waals surface area contributed by atoms with Gasteiger partial charge in [-0.05, 0) is 25.7 Å². The number of hydrogen-bond donors (Lipinski definition) is 1. The summed E-state index contributed by atoms with van der Waals surface area (Å²) in [5.74, 6) is 1.72. The van der Waals surface area contributed by atoms with E-state index in [0.717, 1.165) is 37.1 Å². The molecule has 2 aromatic rings. The van der Waals surface area contributed by atoms with Crippen molar-refractivity contribution in [1.82, 2.24) is 19.9 Å². The third kappa shape index (κ3) is 2.15. The molecule has 2 aromatic heterocycles. The molecule has 2 heterocycles. The first kappa shape index (κ1) is 11.4. The lowest BCUT2D eigenvalue weighted by Gasteiger charge is -2.22. The van der Waals surface area contributed by atoms with E-state index < -0.39 is 0 Å². The van der Waals surface area contributed by atoms with Crippen LogP contribution in [0, 0.1) is 0 Å². The maximum atomic E-state index is 5.90. The fourth-order valence-corrected chi connectivity index (χ4v) is 2.42. The summed E-state index contributed by atoms with van der Waals surface area (Å²) in [6.45, 7) is 0. The van der Waals surface area contributed by atoms with Crippen LogP contribution < -0.4 is 5.73 Å². The van der Waals surface area contributed by atoms with E-state index in [4.69, 9.17) is 10.3 Å². The maximum Gasteiger partial charge on any atom is 0.230 e. The molecule has 0 radical (unpaired) electrons. The SMILES string of the molecule is Cn1cc(-c2noc(C3CCC(N)CC3)n2)cn1. The number of nitrogens with two attached hydrogens (primary N) is 1. The van der Waals surface area contributed by atoms with Crippen molar-refractivity contribution >= 4 is 0 Å². The Labute approximate surface area is 105 Å². The Morgan fingerprint density at radius 3 is 2.78 bits per heavy atom. The van der Waals surface area contributed by atoms with Gasteiger partial charge >= 0.3 is 0 Å². The molecule has 0 aromatic carbocycles. The molecule has 96 valence electrons. The number of rotatable bonds is 2. The highest BCUT2D eigenvalue weighted by molar-refractivity contribution is 5.51. The first-order valence-corrected chi connectivity index (χ1v) is 6.30. The molecule has 6 nitrogen and oxygen atoms in total. The third-order valence-corrected chi connectivity index (χ3v) is 3.53. The topological polar surface area (TPSA) is 82.8 Å². The monoisotopic (exact) mass is 247 g/mol. The molecule has 0 unspecified atom stereocenters. The van der Waals surface area contributed by atoms with Gasteiger partial charge in [-0.15, -0.1) is 0 Å². The van der Waals surface area contributed by atoms with Crippen molar-refractivity contribution in [2.24, 2.45) is 12.8 Å². The van der Waals surface area contributed by atoms with Crippen molar-refractivity contribution in [3.63, 3.8) is 0 Å². The van der Waals surface area contributed by atoms with Crippen LogP contribution in [-0.4, -0.2) is 26.0 Å². The molecule has 0 spiro atoms. The minimum Gasteiger partial charge on any atom is -0.339 e. The van der Waals surface area contributed by atoms with E-state index in [1.807, 2.05) is 13.2 Å². The van der Waals surface area contributed by atoms with Crippen molar-refractivity contribution in [2.45, 2.75) is 37.6 Å². The van der Waals surface area contributed by atoms with Crippen LogP contribution in [-0.2, 0) is 7.05 Å². The zero-order chi connectivity index (χ0) is 12.5. The first-order valence-electron chi connectivity index (χ1n) is 6.30. The van der Waals surface area contributed by atoms with Crippen molar-refractivity contribution < 1.29 is 4.52 Å². The summed E-state index contributed by atoms with van der Waals surface area (Å²) in [5, 5.41) is 8.13. The predicted molar refractivity (Wildman–Crippen MR) is 65.7 cm³/mol. The Morgan fingerprint density at radius 1 is 1.33 bits per heavy atom. The summed E-state index contributed by atoms with van der Waals surface area (Å²) >= 11 is 0. The molecule has 18 heavy (non-hydrogen) atoms. The standard InChI is InChI=1S/C12H17N5O/c1-17-7-9(6-14-17)11-15-12(18-16-11)8-2-4-10(13)5-3-8/h6-8,10H,2-5,13H2,1H3. The molecular weight excluding hydrogens is 230 g/mol. The summed E-state index contributed by atoms with van der Waals surface area (Å²) in [6.07, 6.45) is 7.77. The second kappa shape index (κ2) is 4.53. The van der Waals surface area contributed by atoms with Crippen LogP contribution in [0.1, 0.15) is 37.5 Å². The third-order valence-electron chi connectivity index (χ3n) is 3.53. The van der Waals surface area contributed by atoms with Gasteiger partial charge in [0.25, 0.3) is 0 Å². The van der Waals surface area contributed by atoms with Gasteiger partial charge in [0, 0.05) is 25.2 Å². The largest absolute Gasteiger partial charge is 0.339 e. The van der Waals surface area contributed by atoms with Crippen LogP contribution in [0.3, 0.4) is 0 Å². The molecule has 2 N–H and O–H groups in total. The number of aromatic nitrogens is 4. The van der Waals surface area contributed by atoms with Crippen LogP contribution >= 0.6 is 0 Å². The highest BCUT2D eigenvalue weighted by Gasteiger charge is 2.25. The summed E-state index contributed by atoms with van der Waals surface area (Å²) in [6, 6.07) is 0.335. The molecule has 0 atom stereocenters. The van der Waals surface area contributed by atoms with E-state index in [-0.39, 0.29) is 0 Å². The Kier molecular flexibility index (Phi) is 2.87. The van der Waals surface area contributed by atoms with E-state index in [9.17, 15) is 0 Å². The van der Waals surface area contributed by atoms with E-state index >= 15 is 0 Å². The highest BCUT2D eigenvalue weighted by Crippen LogP contribution is 2.32. The van der Waals surface area contributed by atoms with Gasteiger partial charge < -0.3 is 10.3 Å². The Hall–Kier alpha value is -1.69. The molecule has 3 rings (SSSR count). The summed E-state index contributed by atoms with van der Waals surface area (Å²) < 4.78 is 7.09. The molecule has 0 aliphatic heterocycles. The summed E-state index contributed by atoms with van der Waals surface area (Å²) in [5.41, 5.74) is 6.79. The predicted octanol–water partition coefficient (Wildman–Crippen LogP) is 1.45. The number of nitrogens with zero attached hydrogens (tertiary/aromatic N) is 4. The molecule has 1 fully saturated rings. The Morgan fingerprint density at radius 2 is 2.11 bits per heavy atom. The van der Waals surface area contributed by atoms with Crippen LogP contribution in [0.25, 0.3) is 11.4 Å². The fourth-order valence-electron chi connectivity index (χ4n) is 2.42. The quantitative estimate of drug-likeness (QED) is 0.868. The fraction of sp³-hybridized carbons (Fsp3) is 0.583. The minimum absolute atomic E-state index is 0.335. The second-order valence-corrected chi connectivity index (χ2v) is 4.97. The van der Waals surface area contributed by atoms with Gasteiger partial charge in [-0.25, -0.2) is 0 Å². The number of hydrogen-bond acceptors (Lipinski definition) is 5. The lowest BCUT2D eigenvalue weighted by atomic mass is 9.86. The molecule has 1 aliphatic rings. The summed E-state index contributed by atoms with van der Waals surface area (Å²) in [4.78, 5) is 4.47. The van der Waals surface area contributed by atoms with E-state index in [2.05, 4.69) is 15.2 Å². The van der Waals surface area contributed by atoms with Crippen LogP contribution in [0.2, 0.25) is 0 Å². The van der Waals surface area contributed by atoms with Gasteiger partial charge in [0.2, 0.25) is 11.7 Å². The van der Waals surface area contributed by atoms with Gasteiger partial charge in [0.1, 0.15) is 0 Å². The van der Waals surface area contributed by atoms with E-state index in [0.29, 0.717) is 17.8 Å². The van der Waals surface area contributed by atoms with Crippen molar-refractivity contribution in [2.75, 3.05) is 0 Å². The molecule has 0 bridgehead atoms. The lowest BCUT2D eigenvalue weighted by Crippen LogP contribution is -2.25. The van der Waals surface area contributed by atoms with Crippen molar-refractivity contribution in [3.05, 3.63) is 18.3 Å². The summed E-state index contributed by atoms with van der Waals surface area (Å²) in [7, 11) is 1.87. The van der Waals surface area contributed by atoms with E-state index in [1.54, 1.807) is 10.9 Å². The zero-order valence-corrected chi connectivity index (χ0v) is 10.4. The minimum atomic E-state index is 0.335. The van der Waals surface area contributed by atoms with Gasteiger partial charge in [0.05, 0.1) is 11.8 Å². The first-order chi connectivity index (χ1) is 8.72. The lowest BCUT2D eigenvalue weighted by molar-refractivity contribution is 0.301. The van der Waals surface area contributed by atoms with Gasteiger partial charge in [-0.1, -0.05) is 5.16 Å². The maximum absolute atomic E-state index is 5.90. The van der Waals surface area contributed by atoms with Crippen molar-refractivity contribution in [1.29, 1.82) is 0 Å². The molecule has 1 aliphatic carbocycles. The van der Waals surface area contributed by atoms with Gasteiger partial charge in [0.15, 0.2) is 0 Å². The average molecular weight is 247 g/mol. The van der Waals surface area contributed by atoms with Gasteiger partial charge in [-0.2, -0.15) is 10.1 Å². The van der Waals surface area contributed by atoms with Crippen LogP contribution in [0.15, 0.2) is 16.9 Å². The molecular formula is C12H17N5O. The zero-order valence-electron chi connectivity index (χ0n) is 10.4. The smallest absolute Gasteiger partial charge is 0.230 e. The molecule has 6 heteroatoms. The average Bonchev–Trinajstić information content (AvgIpc) is 2.98. The van der Waals surface area contributed by atoms with Crippen LogP contribution in [0.5, 0.6) is 0 Å². The number of aryl methyl sites for hydroxylation is 1. The Balaban J connectivity index is 1.77. The van der Waals surface area contributed by atoms with Gasteiger partial charge in [-0.3, -0.25) is 4.68 Å². The van der Waals surface area contributed by atoms with Crippen LogP contribution in [0.4, 0.5) is 0 Å². The van der Waals surface area contributed by atoms with Crippen molar-refractivity contribution in [3.8, 4) is 11.4 Å². The Bertz CT molecular complexity index is 524. The normalized spacial score (nSPS) is 24.3. The van der Waals surface area contributed by atoms with E-state index in [1.165, 1.54) is 0 Å². The second-order valence-electron chi connectivity index (χ2n) is 4.97.